The monoisotopic (exact) mass is 422 g/mol. The summed E-state index contributed by atoms with van der Waals surface area (Å²) in [4.78, 5) is 16.8. The molecule has 9 heteroatoms. The fraction of sp³-hybridized carbons (Fsp3) is 0.368. The van der Waals surface area contributed by atoms with Crippen LogP contribution < -0.4 is 11.1 Å². The van der Waals surface area contributed by atoms with Gasteiger partial charge in [-0.1, -0.05) is 17.3 Å². The van der Waals surface area contributed by atoms with Crippen molar-refractivity contribution in [1.29, 1.82) is 0 Å². The fourth-order valence-corrected chi connectivity index (χ4v) is 3.58. The molecule has 1 aromatic carbocycles. The topological polar surface area (TPSA) is 98.7 Å². The minimum atomic E-state index is -0.170. The highest BCUT2D eigenvalue weighted by molar-refractivity contribution is 5.94. The largest absolute Gasteiger partial charge is 0.348 e. The number of nitrogens with zero attached hydrogens (tertiary/aromatic N) is 4. The van der Waals surface area contributed by atoms with Crippen molar-refractivity contribution in [2.45, 2.75) is 44.7 Å². The van der Waals surface area contributed by atoms with Gasteiger partial charge >= 0.3 is 0 Å². The van der Waals surface area contributed by atoms with Gasteiger partial charge in [0.15, 0.2) is 5.69 Å². The van der Waals surface area contributed by atoms with Crippen LogP contribution in [0.3, 0.4) is 0 Å². The molecule has 0 spiro atoms. The third-order valence-electron chi connectivity index (χ3n) is 5.10. The minimum Gasteiger partial charge on any atom is -0.348 e. The Balaban J connectivity index is 0.00000140. The zero-order chi connectivity index (χ0) is 18.1. The Kier molecular flexibility index (Phi) is 7.35. The lowest BCUT2D eigenvalue weighted by molar-refractivity contribution is 0.0920. The fourth-order valence-electron chi connectivity index (χ4n) is 3.58. The van der Waals surface area contributed by atoms with E-state index in [2.05, 4.69) is 20.6 Å². The van der Waals surface area contributed by atoms with Crippen LogP contribution in [0.5, 0.6) is 0 Å². The van der Waals surface area contributed by atoms with Gasteiger partial charge in [0.2, 0.25) is 0 Å². The van der Waals surface area contributed by atoms with Gasteiger partial charge in [0, 0.05) is 35.2 Å². The maximum Gasteiger partial charge on any atom is 0.273 e. The third-order valence-corrected chi connectivity index (χ3v) is 5.10. The van der Waals surface area contributed by atoms with Gasteiger partial charge in [-0.05, 0) is 44.7 Å². The van der Waals surface area contributed by atoms with E-state index < -0.39 is 0 Å². The van der Waals surface area contributed by atoms with Gasteiger partial charge in [0.1, 0.15) is 0 Å². The second-order valence-electron chi connectivity index (χ2n) is 6.89. The van der Waals surface area contributed by atoms with E-state index in [4.69, 9.17) is 5.73 Å². The van der Waals surface area contributed by atoms with Crippen LogP contribution in [0.4, 0.5) is 0 Å². The molecule has 0 radical (unpaired) electrons. The van der Waals surface area contributed by atoms with E-state index in [1.807, 2.05) is 37.4 Å². The number of fused-ring (bicyclic) bond motifs is 1. The van der Waals surface area contributed by atoms with Gasteiger partial charge < -0.3 is 11.1 Å². The number of nitrogens with one attached hydrogen (secondary N) is 1. The summed E-state index contributed by atoms with van der Waals surface area (Å²) in [6.07, 6.45) is 7.28. The molecule has 3 aromatic rings. The summed E-state index contributed by atoms with van der Waals surface area (Å²) in [5, 5.41) is 13.5. The van der Waals surface area contributed by atoms with E-state index in [1.54, 1.807) is 10.9 Å². The van der Waals surface area contributed by atoms with Crippen LogP contribution in [0.1, 0.15) is 41.9 Å². The number of pyridine rings is 1. The highest BCUT2D eigenvalue weighted by Crippen LogP contribution is 2.23. The SMILES string of the molecule is Cc1c(C(=O)NC2CCC(N)CC2)nnn1-c1cccc2cnccc12.Cl.Cl. The number of benzene rings is 1. The number of carbonyl (C=O) groups excluding carboxylic acids is 1. The smallest absolute Gasteiger partial charge is 0.273 e. The number of carbonyl (C=O) groups is 1. The Morgan fingerprint density at radius 3 is 2.68 bits per heavy atom. The van der Waals surface area contributed by atoms with Gasteiger partial charge in [0.05, 0.1) is 11.4 Å². The molecule has 1 amide bonds. The number of amides is 1. The molecule has 2 heterocycles. The molecule has 2 aromatic heterocycles. The minimum absolute atomic E-state index is 0. The molecular formula is C19H24Cl2N6O. The number of hydrogen-bond acceptors (Lipinski definition) is 5. The van der Waals surface area contributed by atoms with Crippen LogP contribution in [-0.2, 0) is 0 Å². The van der Waals surface area contributed by atoms with E-state index in [-0.39, 0.29) is 42.8 Å². The number of halogens is 2. The third kappa shape index (κ3) is 4.27. The maximum absolute atomic E-state index is 12.7. The predicted octanol–water partition coefficient (Wildman–Crippen LogP) is 2.97. The molecular weight excluding hydrogens is 399 g/mol. The lowest BCUT2D eigenvalue weighted by Gasteiger charge is -2.26. The molecule has 0 unspecified atom stereocenters. The van der Waals surface area contributed by atoms with Crippen molar-refractivity contribution in [3.05, 3.63) is 48.0 Å². The molecule has 0 atom stereocenters. The van der Waals surface area contributed by atoms with Crippen LogP contribution >= 0.6 is 24.8 Å². The Morgan fingerprint density at radius 1 is 1.18 bits per heavy atom. The molecule has 7 nitrogen and oxygen atoms in total. The normalized spacial score (nSPS) is 18.8. The molecule has 28 heavy (non-hydrogen) atoms. The number of nitrogens with two attached hydrogens (primary N) is 1. The Hall–Kier alpha value is -2.22. The summed E-state index contributed by atoms with van der Waals surface area (Å²) >= 11 is 0. The number of hydrogen-bond donors (Lipinski definition) is 2. The molecule has 1 saturated carbocycles. The molecule has 150 valence electrons. The second-order valence-corrected chi connectivity index (χ2v) is 6.89. The van der Waals surface area contributed by atoms with E-state index in [0.29, 0.717) is 5.69 Å². The molecule has 3 N–H and O–H groups in total. The Morgan fingerprint density at radius 2 is 1.93 bits per heavy atom. The van der Waals surface area contributed by atoms with E-state index >= 15 is 0 Å². The summed E-state index contributed by atoms with van der Waals surface area (Å²) < 4.78 is 1.72. The van der Waals surface area contributed by atoms with Crippen molar-refractivity contribution >= 4 is 41.5 Å². The van der Waals surface area contributed by atoms with Crippen molar-refractivity contribution in [2.24, 2.45) is 5.73 Å². The zero-order valence-electron chi connectivity index (χ0n) is 15.5. The highest BCUT2D eigenvalue weighted by Gasteiger charge is 2.24. The van der Waals surface area contributed by atoms with Gasteiger partial charge in [-0.25, -0.2) is 4.68 Å². The Labute approximate surface area is 175 Å². The molecule has 0 aliphatic heterocycles. The van der Waals surface area contributed by atoms with Crippen LogP contribution in [0, 0.1) is 6.92 Å². The summed E-state index contributed by atoms with van der Waals surface area (Å²) in [5.41, 5.74) is 7.91. The number of rotatable bonds is 3. The molecule has 0 bridgehead atoms. The maximum atomic E-state index is 12.7. The Bertz CT molecular complexity index is 947. The van der Waals surface area contributed by atoms with Crippen LogP contribution in [0.15, 0.2) is 36.7 Å². The van der Waals surface area contributed by atoms with Crippen molar-refractivity contribution in [2.75, 3.05) is 0 Å². The van der Waals surface area contributed by atoms with Crippen molar-refractivity contribution in [3.8, 4) is 5.69 Å². The van der Waals surface area contributed by atoms with Gasteiger partial charge in [-0.2, -0.15) is 0 Å². The standard InChI is InChI=1S/C19H22N6O.2ClH/c1-12-18(19(26)22-15-7-5-14(20)6-8-15)23-24-25(12)17-4-2-3-13-11-21-10-9-16(13)17;;/h2-4,9-11,14-15H,5-8,20H2,1H3,(H,22,26);2*1H. The zero-order valence-corrected chi connectivity index (χ0v) is 17.2. The highest BCUT2D eigenvalue weighted by atomic mass is 35.5. The lowest BCUT2D eigenvalue weighted by atomic mass is 9.92. The van der Waals surface area contributed by atoms with Gasteiger partial charge in [-0.15, -0.1) is 29.9 Å². The van der Waals surface area contributed by atoms with Gasteiger partial charge in [0.25, 0.3) is 5.91 Å². The molecule has 1 aliphatic rings. The first-order valence-electron chi connectivity index (χ1n) is 8.95. The summed E-state index contributed by atoms with van der Waals surface area (Å²) in [5.74, 6) is -0.170. The van der Waals surface area contributed by atoms with Crippen molar-refractivity contribution in [3.63, 3.8) is 0 Å². The molecule has 1 fully saturated rings. The average molecular weight is 423 g/mol. The van der Waals surface area contributed by atoms with Crippen molar-refractivity contribution in [1.82, 2.24) is 25.3 Å². The molecule has 4 rings (SSSR count). The van der Waals surface area contributed by atoms with Crippen LogP contribution in [0.25, 0.3) is 16.5 Å². The molecule has 0 saturated heterocycles. The van der Waals surface area contributed by atoms with Crippen LogP contribution in [0.2, 0.25) is 0 Å². The van der Waals surface area contributed by atoms with E-state index in [9.17, 15) is 4.79 Å². The van der Waals surface area contributed by atoms with Gasteiger partial charge in [-0.3, -0.25) is 9.78 Å². The van der Waals surface area contributed by atoms with Crippen LogP contribution in [-0.4, -0.2) is 38.0 Å². The summed E-state index contributed by atoms with van der Waals surface area (Å²) in [6.45, 7) is 1.87. The quantitative estimate of drug-likeness (QED) is 0.675. The average Bonchev–Trinajstić information content (AvgIpc) is 3.04. The van der Waals surface area contributed by atoms with Crippen molar-refractivity contribution < 1.29 is 4.79 Å². The molecule has 1 aliphatic carbocycles. The number of aromatic nitrogens is 4. The first-order valence-corrected chi connectivity index (χ1v) is 8.95. The second kappa shape index (κ2) is 9.32. The first-order chi connectivity index (χ1) is 12.6. The van der Waals surface area contributed by atoms with E-state index in [0.717, 1.165) is 47.8 Å². The lowest BCUT2D eigenvalue weighted by Crippen LogP contribution is -2.40. The summed E-state index contributed by atoms with van der Waals surface area (Å²) in [6, 6.07) is 8.28. The summed E-state index contributed by atoms with van der Waals surface area (Å²) in [7, 11) is 0. The van der Waals surface area contributed by atoms with E-state index in [1.165, 1.54) is 0 Å². The predicted molar refractivity (Wildman–Crippen MR) is 114 cm³/mol. The first kappa shape index (κ1) is 22.1.